The molecule has 1 N–H and O–H groups in total. The summed E-state index contributed by atoms with van der Waals surface area (Å²) in [5.41, 5.74) is 4.17. The predicted molar refractivity (Wildman–Crippen MR) is 144 cm³/mol. The van der Waals surface area contributed by atoms with Gasteiger partial charge in [0.1, 0.15) is 0 Å². The van der Waals surface area contributed by atoms with E-state index >= 15 is 0 Å². The minimum absolute atomic E-state index is 0.314. The van der Waals surface area contributed by atoms with Crippen LogP contribution in [0.15, 0.2) is 97.1 Å². The van der Waals surface area contributed by atoms with E-state index in [4.69, 9.17) is 11.6 Å². The Hall–Kier alpha value is -2.65. The Bertz CT molecular complexity index is 1200. The molecule has 5 rings (SSSR count). The third-order valence-corrected chi connectivity index (χ3v) is 7.62. The van der Waals surface area contributed by atoms with Crippen LogP contribution in [0, 0.1) is 5.92 Å². The fourth-order valence-corrected chi connectivity index (χ4v) is 5.57. The minimum Gasteiger partial charge on any atom is -0.310 e. The lowest BCUT2D eigenvalue weighted by molar-refractivity contribution is 0.148. The Kier molecular flexibility index (Phi) is 7.30. The molecule has 0 saturated carbocycles. The van der Waals surface area contributed by atoms with E-state index in [0.29, 0.717) is 17.9 Å². The second-order valence-electron chi connectivity index (χ2n) is 9.63. The van der Waals surface area contributed by atoms with Gasteiger partial charge in [0.05, 0.1) is 0 Å². The van der Waals surface area contributed by atoms with Crippen molar-refractivity contribution in [1.29, 1.82) is 0 Å². The number of halogens is 1. The van der Waals surface area contributed by atoms with Crippen LogP contribution in [-0.4, -0.2) is 24.5 Å². The minimum atomic E-state index is 0.314. The number of hydrogen-bond acceptors (Lipinski definition) is 2. The van der Waals surface area contributed by atoms with Crippen molar-refractivity contribution in [2.75, 3.05) is 19.6 Å². The summed E-state index contributed by atoms with van der Waals surface area (Å²) in [5.74, 6) is 1.13. The number of rotatable bonds is 7. The first kappa shape index (κ1) is 23.1. The van der Waals surface area contributed by atoms with Gasteiger partial charge in [0, 0.05) is 30.1 Å². The third-order valence-electron chi connectivity index (χ3n) is 7.36. The van der Waals surface area contributed by atoms with E-state index in [1.165, 1.54) is 33.9 Å². The van der Waals surface area contributed by atoms with Gasteiger partial charge in [0.15, 0.2) is 0 Å². The van der Waals surface area contributed by atoms with Crippen molar-refractivity contribution >= 4 is 22.4 Å². The molecule has 34 heavy (non-hydrogen) atoms. The number of fused-ring (bicyclic) bond motifs is 1. The lowest BCUT2D eigenvalue weighted by Gasteiger charge is -2.39. The van der Waals surface area contributed by atoms with E-state index in [1.54, 1.807) is 0 Å². The van der Waals surface area contributed by atoms with E-state index in [2.05, 4.69) is 102 Å². The first-order valence-corrected chi connectivity index (χ1v) is 12.8. The average molecular weight is 469 g/mol. The lowest BCUT2D eigenvalue weighted by Crippen LogP contribution is -2.42. The summed E-state index contributed by atoms with van der Waals surface area (Å²) >= 11 is 6.09. The van der Waals surface area contributed by atoms with Crippen LogP contribution in [0.5, 0.6) is 0 Å². The molecule has 1 aliphatic rings. The highest BCUT2D eigenvalue weighted by atomic mass is 35.5. The second-order valence-corrected chi connectivity index (χ2v) is 10.1. The Morgan fingerprint density at radius 1 is 0.882 bits per heavy atom. The molecule has 0 amide bonds. The van der Waals surface area contributed by atoms with E-state index in [1.807, 2.05) is 12.1 Å². The van der Waals surface area contributed by atoms with Crippen molar-refractivity contribution in [3.8, 4) is 0 Å². The predicted octanol–water partition coefficient (Wildman–Crippen LogP) is 7.45. The quantitative estimate of drug-likeness (QED) is 0.303. The molecule has 0 radical (unpaired) electrons. The second kappa shape index (κ2) is 10.7. The van der Waals surface area contributed by atoms with E-state index in [9.17, 15) is 0 Å². The molecule has 1 aliphatic heterocycles. The Balaban J connectivity index is 1.29. The molecule has 2 nitrogen and oxygen atoms in total. The van der Waals surface area contributed by atoms with Gasteiger partial charge in [-0.1, -0.05) is 96.5 Å². The topological polar surface area (TPSA) is 15.3 Å². The van der Waals surface area contributed by atoms with E-state index in [-0.39, 0.29) is 0 Å². The summed E-state index contributed by atoms with van der Waals surface area (Å²) in [5, 5.41) is 7.36. The maximum atomic E-state index is 6.09. The Labute approximate surface area is 208 Å². The largest absolute Gasteiger partial charge is 0.310 e. The smallest absolute Gasteiger partial charge is 0.0406 e. The molecule has 0 spiro atoms. The van der Waals surface area contributed by atoms with Crippen LogP contribution < -0.4 is 5.32 Å². The molecule has 3 atom stereocenters. The number of nitrogens with one attached hydrogen (secondary N) is 1. The highest BCUT2D eigenvalue weighted by Crippen LogP contribution is 2.34. The maximum Gasteiger partial charge on any atom is 0.0406 e. The van der Waals surface area contributed by atoms with Crippen LogP contribution in [0.4, 0.5) is 0 Å². The fourth-order valence-electron chi connectivity index (χ4n) is 5.45. The molecular formula is C31H33ClN2. The van der Waals surface area contributed by atoms with Crippen molar-refractivity contribution in [3.63, 3.8) is 0 Å². The summed E-state index contributed by atoms with van der Waals surface area (Å²) in [7, 11) is 0. The molecule has 4 aromatic rings. The SMILES string of the molecule is C[C@@H](NCC1CCN(Cc2ccc(Cl)cc2)CC1c1ccccc1)c1cccc2ccccc12. The first-order chi connectivity index (χ1) is 16.7. The highest BCUT2D eigenvalue weighted by molar-refractivity contribution is 6.30. The zero-order valence-electron chi connectivity index (χ0n) is 19.8. The summed E-state index contributed by atoms with van der Waals surface area (Å²) in [6, 6.07) is 35.0. The van der Waals surface area contributed by atoms with E-state index < -0.39 is 0 Å². The van der Waals surface area contributed by atoms with Crippen molar-refractivity contribution < 1.29 is 0 Å². The summed E-state index contributed by atoms with van der Waals surface area (Å²) < 4.78 is 0. The number of benzene rings is 4. The average Bonchev–Trinajstić information content (AvgIpc) is 2.89. The van der Waals surface area contributed by atoms with Crippen molar-refractivity contribution in [2.24, 2.45) is 5.92 Å². The van der Waals surface area contributed by atoms with Gasteiger partial charge in [0.2, 0.25) is 0 Å². The van der Waals surface area contributed by atoms with Gasteiger partial charge in [-0.2, -0.15) is 0 Å². The van der Waals surface area contributed by atoms with Gasteiger partial charge < -0.3 is 5.32 Å². The monoisotopic (exact) mass is 468 g/mol. The van der Waals surface area contributed by atoms with Crippen LogP contribution in [0.3, 0.4) is 0 Å². The normalized spacial score (nSPS) is 19.8. The van der Waals surface area contributed by atoms with Gasteiger partial charge >= 0.3 is 0 Å². The Morgan fingerprint density at radius 2 is 1.62 bits per heavy atom. The standard InChI is InChI=1S/C31H33ClN2/c1-23(29-13-7-11-25-10-5-6-12-30(25)29)33-20-27-18-19-34(21-24-14-16-28(32)17-15-24)22-31(27)26-8-3-2-4-9-26/h2-17,23,27,31,33H,18-22H2,1H3/t23-,27?,31?/m1/s1. The molecule has 0 aliphatic carbocycles. The lowest BCUT2D eigenvalue weighted by atomic mass is 9.80. The van der Waals surface area contributed by atoms with E-state index in [0.717, 1.165) is 31.2 Å². The molecule has 174 valence electrons. The van der Waals surface area contributed by atoms with Crippen LogP contribution in [0.2, 0.25) is 5.02 Å². The fraction of sp³-hybridized carbons (Fsp3) is 0.290. The molecular weight excluding hydrogens is 436 g/mol. The van der Waals surface area contributed by atoms with Crippen LogP contribution in [0.25, 0.3) is 10.8 Å². The summed E-state index contributed by atoms with van der Waals surface area (Å²) in [6.07, 6.45) is 1.20. The summed E-state index contributed by atoms with van der Waals surface area (Å²) in [4.78, 5) is 2.60. The number of hydrogen-bond donors (Lipinski definition) is 1. The molecule has 0 aromatic heterocycles. The molecule has 3 heteroatoms. The first-order valence-electron chi connectivity index (χ1n) is 12.4. The van der Waals surface area contributed by atoms with Crippen LogP contribution >= 0.6 is 11.6 Å². The molecule has 4 aromatic carbocycles. The highest BCUT2D eigenvalue weighted by Gasteiger charge is 2.30. The molecule has 1 saturated heterocycles. The van der Waals surface area contributed by atoms with Gasteiger partial charge in [-0.3, -0.25) is 4.90 Å². The zero-order valence-corrected chi connectivity index (χ0v) is 20.6. The molecule has 0 bridgehead atoms. The maximum absolute atomic E-state index is 6.09. The number of piperidine rings is 1. The van der Waals surface area contributed by atoms with Crippen LogP contribution in [-0.2, 0) is 6.54 Å². The van der Waals surface area contributed by atoms with Crippen LogP contribution in [0.1, 0.15) is 42.0 Å². The van der Waals surface area contributed by atoms with Gasteiger partial charge in [-0.15, -0.1) is 0 Å². The van der Waals surface area contributed by atoms with Crippen molar-refractivity contribution in [2.45, 2.75) is 31.8 Å². The van der Waals surface area contributed by atoms with Gasteiger partial charge in [0.25, 0.3) is 0 Å². The Morgan fingerprint density at radius 3 is 2.44 bits per heavy atom. The zero-order chi connectivity index (χ0) is 23.3. The molecule has 2 unspecified atom stereocenters. The number of likely N-dealkylation sites (tertiary alicyclic amines) is 1. The van der Waals surface area contributed by atoms with Gasteiger partial charge in [-0.05, 0) is 71.9 Å². The molecule has 1 fully saturated rings. The van der Waals surface area contributed by atoms with Crippen molar-refractivity contribution in [1.82, 2.24) is 10.2 Å². The van der Waals surface area contributed by atoms with Crippen molar-refractivity contribution in [3.05, 3.63) is 119 Å². The third kappa shape index (κ3) is 5.36. The van der Waals surface area contributed by atoms with Gasteiger partial charge in [-0.25, -0.2) is 0 Å². The molecule has 1 heterocycles. The number of nitrogens with zero attached hydrogens (tertiary/aromatic N) is 1. The summed E-state index contributed by atoms with van der Waals surface area (Å²) in [6.45, 7) is 6.52.